The molecule has 0 saturated heterocycles. The van der Waals surface area contributed by atoms with Crippen molar-refractivity contribution >= 4 is 50.1 Å². The van der Waals surface area contributed by atoms with Gasteiger partial charge in [-0.25, -0.2) is 4.98 Å². The summed E-state index contributed by atoms with van der Waals surface area (Å²) < 4.78 is 12.8. The van der Waals surface area contributed by atoms with Crippen LogP contribution in [0.1, 0.15) is 25.0 Å². The number of para-hydroxylation sites is 3. The lowest BCUT2D eigenvalue weighted by atomic mass is 9.82. The molecule has 238 valence electrons. The molecular formula is C46H32N2O2. The summed E-state index contributed by atoms with van der Waals surface area (Å²) in [6.07, 6.45) is 0. The van der Waals surface area contributed by atoms with Crippen molar-refractivity contribution in [2.24, 2.45) is 0 Å². The summed E-state index contributed by atoms with van der Waals surface area (Å²) in [7, 11) is 0. The molecule has 2 aromatic heterocycles. The lowest BCUT2D eigenvalue weighted by Crippen LogP contribution is -2.16. The van der Waals surface area contributed by atoms with Crippen molar-refractivity contribution in [2.45, 2.75) is 19.3 Å². The minimum atomic E-state index is -0.129. The van der Waals surface area contributed by atoms with Crippen LogP contribution in [0.15, 0.2) is 167 Å². The Bertz CT molecular complexity index is 2720. The van der Waals surface area contributed by atoms with Crippen LogP contribution in [0, 0.1) is 0 Å². The first kappa shape index (κ1) is 28.6. The standard InChI is InChI=1S/C46H32N2O2/c1-46(2)37-18-8-6-16-33(37)34-25-23-30(27-38(34)46)48(40-20-10-7-15-32(40)29-13-4-3-5-14-29)31-24-26-35-43(28-31)49-42-22-12-17-36(44(35)42)45-47-39-19-9-11-21-41(39)50-45/h3-28H,1-2H3. The van der Waals surface area contributed by atoms with E-state index in [1.54, 1.807) is 0 Å². The number of hydrogen-bond donors (Lipinski definition) is 0. The number of furan rings is 1. The Balaban J connectivity index is 1.18. The monoisotopic (exact) mass is 644 g/mol. The van der Waals surface area contributed by atoms with E-state index in [0.29, 0.717) is 5.89 Å². The van der Waals surface area contributed by atoms with Crippen molar-refractivity contribution in [3.8, 4) is 33.7 Å². The van der Waals surface area contributed by atoms with Gasteiger partial charge in [-0.2, -0.15) is 0 Å². The first-order chi connectivity index (χ1) is 24.5. The molecule has 0 aliphatic heterocycles. The fraction of sp³-hybridized carbons (Fsp3) is 0.0652. The lowest BCUT2D eigenvalue weighted by molar-refractivity contribution is 0.620. The molecule has 0 N–H and O–H groups in total. The molecular weight excluding hydrogens is 613 g/mol. The van der Waals surface area contributed by atoms with Crippen LogP contribution < -0.4 is 4.90 Å². The van der Waals surface area contributed by atoms with Crippen LogP contribution in [0.5, 0.6) is 0 Å². The van der Waals surface area contributed by atoms with E-state index in [2.05, 4.69) is 140 Å². The molecule has 0 unspecified atom stereocenters. The topological polar surface area (TPSA) is 42.4 Å². The predicted molar refractivity (Wildman–Crippen MR) is 204 cm³/mol. The molecule has 0 bridgehead atoms. The van der Waals surface area contributed by atoms with Gasteiger partial charge in [0.25, 0.3) is 0 Å². The summed E-state index contributed by atoms with van der Waals surface area (Å²) in [6, 6.07) is 55.5. The third-order valence-electron chi connectivity index (χ3n) is 10.3. The number of anilines is 3. The van der Waals surface area contributed by atoms with E-state index in [9.17, 15) is 0 Å². The van der Waals surface area contributed by atoms with Gasteiger partial charge in [0, 0.05) is 44.8 Å². The molecule has 50 heavy (non-hydrogen) atoms. The number of oxazole rings is 1. The molecule has 0 spiro atoms. The van der Waals surface area contributed by atoms with Crippen LogP contribution in [0.2, 0.25) is 0 Å². The highest BCUT2D eigenvalue weighted by Gasteiger charge is 2.36. The Morgan fingerprint density at radius 3 is 2.06 bits per heavy atom. The van der Waals surface area contributed by atoms with E-state index in [1.807, 2.05) is 36.4 Å². The fourth-order valence-corrected chi connectivity index (χ4v) is 7.91. The second-order valence-corrected chi connectivity index (χ2v) is 13.6. The summed E-state index contributed by atoms with van der Waals surface area (Å²) in [5.74, 6) is 0.587. The van der Waals surface area contributed by atoms with Crippen LogP contribution in [0.3, 0.4) is 0 Å². The zero-order valence-corrected chi connectivity index (χ0v) is 27.7. The minimum Gasteiger partial charge on any atom is -0.456 e. The Labute approximate surface area is 289 Å². The summed E-state index contributed by atoms with van der Waals surface area (Å²) >= 11 is 0. The maximum absolute atomic E-state index is 6.62. The zero-order valence-electron chi connectivity index (χ0n) is 27.7. The minimum absolute atomic E-state index is 0.129. The number of benzene rings is 7. The van der Waals surface area contributed by atoms with Crippen LogP contribution in [-0.2, 0) is 5.41 Å². The highest BCUT2D eigenvalue weighted by molar-refractivity contribution is 6.12. The average Bonchev–Trinajstić information content (AvgIpc) is 3.83. The van der Waals surface area contributed by atoms with Crippen molar-refractivity contribution in [3.05, 3.63) is 169 Å². The zero-order chi connectivity index (χ0) is 33.4. The Hall–Kier alpha value is -6.39. The number of fused-ring (bicyclic) bond motifs is 7. The van der Waals surface area contributed by atoms with Gasteiger partial charge in [-0.1, -0.05) is 111 Å². The molecule has 7 aromatic carbocycles. The first-order valence-corrected chi connectivity index (χ1v) is 17.0. The Morgan fingerprint density at radius 2 is 1.18 bits per heavy atom. The smallest absolute Gasteiger partial charge is 0.228 e. The van der Waals surface area contributed by atoms with Crippen LogP contribution in [-0.4, -0.2) is 4.98 Å². The van der Waals surface area contributed by atoms with Crippen molar-refractivity contribution in [3.63, 3.8) is 0 Å². The van der Waals surface area contributed by atoms with E-state index >= 15 is 0 Å². The molecule has 0 saturated carbocycles. The van der Waals surface area contributed by atoms with E-state index in [0.717, 1.165) is 66.8 Å². The SMILES string of the molecule is CC1(C)c2ccccc2-c2ccc(N(c3ccc4c(c3)oc3cccc(-c5nc6ccccc6o5)c34)c3ccccc3-c3ccccc3)cc21. The quantitative estimate of drug-likeness (QED) is 0.187. The molecule has 1 aliphatic carbocycles. The summed E-state index contributed by atoms with van der Waals surface area (Å²) in [6.45, 7) is 4.66. The molecule has 9 aromatic rings. The van der Waals surface area contributed by atoms with E-state index in [-0.39, 0.29) is 5.41 Å². The summed E-state index contributed by atoms with van der Waals surface area (Å²) in [5, 5.41) is 2.01. The Kier molecular flexibility index (Phi) is 6.19. The molecule has 0 radical (unpaired) electrons. The van der Waals surface area contributed by atoms with Gasteiger partial charge in [-0.05, 0) is 82.4 Å². The molecule has 2 heterocycles. The van der Waals surface area contributed by atoms with Gasteiger partial charge in [0.05, 0.1) is 5.69 Å². The van der Waals surface area contributed by atoms with E-state index in [1.165, 1.54) is 22.3 Å². The van der Waals surface area contributed by atoms with Gasteiger partial charge < -0.3 is 13.7 Å². The Morgan fingerprint density at radius 1 is 0.500 bits per heavy atom. The normalized spacial score (nSPS) is 13.2. The number of aromatic nitrogens is 1. The third kappa shape index (κ3) is 4.28. The van der Waals surface area contributed by atoms with Gasteiger partial charge in [0.15, 0.2) is 5.58 Å². The molecule has 4 nitrogen and oxygen atoms in total. The maximum atomic E-state index is 6.62. The highest BCUT2D eigenvalue weighted by atomic mass is 16.3. The third-order valence-corrected chi connectivity index (χ3v) is 10.3. The van der Waals surface area contributed by atoms with Crippen molar-refractivity contribution < 1.29 is 8.83 Å². The van der Waals surface area contributed by atoms with Gasteiger partial charge in [0.1, 0.15) is 16.7 Å². The summed E-state index contributed by atoms with van der Waals surface area (Å²) in [5.41, 5.74) is 14.8. The second-order valence-electron chi connectivity index (χ2n) is 13.6. The molecule has 0 fully saturated rings. The largest absolute Gasteiger partial charge is 0.456 e. The van der Waals surface area contributed by atoms with E-state index in [4.69, 9.17) is 13.8 Å². The molecule has 0 atom stereocenters. The first-order valence-electron chi connectivity index (χ1n) is 17.0. The lowest BCUT2D eigenvalue weighted by Gasteiger charge is -2.29. The number of hydrogen-bond acceptors (Lipinski definition) is 4. The van der Waals surface area contributed by atoms with Gasteiger partial charge >= 0.3 is 0 Å². The van der Waals surface area contributed by atoms with Crippen molar-refractivity contribution in [2.75, 3.05) is 4.90 Å². The van der Waals surface area contributed by atoms with Gasteiger partial charge in [-0.3, -0.25) is 0 Å². The average molecular weight is 645 g/mol. The molecule has 10 rings (SSSR count). The number of nitrogens with zero attached hydrogens (tertiary/aromatic N) is 2. The van der Waals surface area contributed by atoms with Crippen molar-refractivity contribution in [1.82, 2.24) is 4.98 Å². The van der Waals surface area contributed by atoms with Gasteiger partial charge in [-0.15, -0.1) is 0 Å². The summed E-state index contributed by atoms with van der Waals surface area (Å²) in [4.78, 5) is 7.19. The second kappa shape index (κ2) is 10.8. The number of rotatable bonds is 5. The highest BCUT2D eigenvalue weighted by Crippen LogP contribution is 2.51. The van der Waals surface area contributed by atoms with Crippen LogP contribution in [0.25, 0.3) is 66.7 Å². The predicted octanol–water partition coefficient (Wildman–Crippen LogP) is 12.8. The van der Waals surface area contributed by atoms with Crippen LogP contribution in [0.4, 0.5) is 17.1 Å². The maximum Gasteiger partial charge on any atom is 0.228 e. The fourth-order valence-electron chi connectivity index (χ4n) is 7.91. The molecule has 4 heteroatoms. The molecule has 1 aliphatic rings. The van der Waals surface area contributed by atoms with E-state index < -0.39 is 0 Å². The molecule has 0 amide bonds. The van der Waals surface area contributed by atoms with Gasteiger partial charge in [0.2, 0.25) is 5.89 Å². The van der Waals surface area contributed by atoms with Crippen LogP contribution >= 0.6 is 0 Å². The van der Waals surface area contributed by atoms with Crippen molar-refractivity contribution in [1.29, 1.82) is 0 Å².